The van der Waals surface area contributed by atoms with Crippen LogP contribution < -0.4 is 0 Å². The quantitative estimate of drug-likeness (QED) is 0.441. The summed E-state index contributed by atoms with van der Waals surface area (Å²) in [6.07, 6.45) is -2.99. The number of carbonyl (C=O) groups is 1. The molecule has 1 rings (SSSR count). The lowest BCUT2D eigenvalue weighted by molar-refractivity contribution is -0.304. The summed E-state index contributed by atoms with van der Waals surface area (Å²) in [7, 11) is -5.58. The van der Waals surface area contributed by atoms with E-state index in [0.717, 1.165) is 6.42 Å². The van der Waals surface area contributed by atoms with Crippen molar-refractivity contribution in [1.82, 2.24) is 0 Å². The van der Waals surface area contributed by atoms with Gasteiger partial charge in [-0.2, -0.15) is 26.0 Å². The van der Waals surface area contributed by atoms with Crippen LogP contribution in [0.15, 0.2) is 0 Å². The highest BCUT2D eigenvalue weighted by atomic mass is 32.2. The fourth-order valence-corrected chi connectivity index (χ4v) is 2.40. The van der Waals surface area contributed by atoms with Crippen molar-refractivity contribution in [3.63, 3.8) is 0 Å². The zero-order valence-electron chi connectivity index (χ0n) is 10.6. The maximum atomic E-state index is 13.2. The average Bonchev–Trinajstić information content (AvgIpc) is 2.38. The fourth-order valence-electron chi connectivity index (χ4n) is 1.86. The molecule has 0 bridgehead atoms. The second-order valence-corrected chi connectivity index (χ2v) is 6.16. The summed E-state index contributed by atoms with van der Waals surface area (Å²) in [6.45, 7) is 0. The van der Waals surface area contributed by atoms with Gasteiger partial charge < -0.3 is 4.74 Å². The molecule has 1 aliphatic rings. The lowest BCUT2D eigenvalue weighted by Crippen LogP contribution is -2.50. The van der Waals surface area contributed by atoms with E-state index in [0.29, 0.717) is 20.0 Å². The molecule has 0 aromatic rings. The van der Waals surface area contributed by atoms with E-state index in [9.17, 15) is 30.8 Å². The number of hydrogen-bond donors (Lipinski definition) is 0. The molecule has 10 heteroatoms. The molecule has 1 aliphatic carbocycles. The Labute approximate surface area is 113 Å². The summed E-state index contributed by atoms with van der Waals surface area (Å²) in [5, 5.41) is -5.65. The van der Waals surface area contributed by atoms with E-state index in [-0.39, 0.29) is 12.8 Å². The van der Waals surface area contributed by atoms with Crippen LogP contribution in [0.4, 0.5) is 17.6 Å². The number of esters is 1. The summed E-state index contributed by atoms with van der Waals surface area (Å²) < 4.78 is 81.2. The number of rotatable bonds is 5. The second kappa shape index (κ2) is 5.84. The molecule has 0 aliphatic heterocycles. The molecule has 0 heterocycles. The first kappa shape index (κ1) is 17.2. The van der Waals surface area contributed by atoms with Gasteiger partial charge in [0.1, 0.15) is 0 Å². The van der Waals surface area contributed by atoms with Gasteiger partial charge in [0.15, 0.2) is 0 Å². The summed E-state index contributed by atoms with van der Waals surface area (Å²) in [5.74, 6) is -2.45. The largest absolute Gasteiger partial charge is 0.485 e. The highest BCUT2D eigenvalue weighted by molar-refractivity contribution is 7.87. The van der Waals surface area contributed by atoms with Crippen LogP contribution in [-0.2, 0) is 23.8 Å². The molecule has 0 spiro atoms. The van der Waals surface area contributed by atoms with E-state index >= 15 is 0 Å². The van der Waals surface area contributed by atoms with Crippen LogP contribution in [0.1, 0.15) is 32.1 Å². The van der Waals surface area contributed by atoms with Crippen LogP contribution in [0.2, 0.25) is 0 Å². The topological polar surface area (TPSA) is 69.7 Å². The Kier molecular flexibility index (Phi) is 5.01. The smallest absolute Gasteiger partial charge is 0.395 e. The van der Waals surface area contributed by atoms with Crippen molar-refractivity contribution in [2.75, 3.05) is 7.11 Å². The molecule has 0 atom stereocenters. The maximum absolute atomic E-state index is 13.2. The first-order valence-corrected chi connectivity index (χ1v) is 7.24. The fraction of sp³-hybridized carbons (Fsp3) is 0.900. The molecule has 0 aromatic heterocycles. The van der Waals surface area contributed by atoms with Crippen molar-refractivity contribution in [3.05, 3.63) is 0 Å². The van der Waals surface area contributed by atoms with Crippen molar-refractivity contribution in [2.24, 2.45) is 5.92 Å². The minimum Gasteiger partial charge on any atom is -0.395 e. The molecule has 0 unspecified atom stereocenters. The van der Waals surface area contributed by atoms with Gasteiger partial charge in [0, 0.05) is 0 Å². The number of carbonyl (C=O) groups excluding carboxylic acids is 1. The zero-order chi connectivity index (χ0) is 15.6. The Balaban J connectivity index is 2.85. The number of halogens is 4. The standard InChI is InChI=1S/C10H14F4O5S/c1-18-20(16,17)10(13,14)9(11,12)19-8(15)7-5-3-2-4-6-7/h7H,2-6H2,1H3. The van der Waals surface area contributed by atoms with E-state index in [1.54, 1.807) is 0 Å². The minimum absolute atomic E-state index is 0.248. The lowest BCUT2D eigenvalue weighted by Gasteiger charge is -2.27. The summed E-state index contributed by atoms with van der Waals surface area (Å²) >= 11 is 0. The van der Waals surface area contributed by atoms with E-state index in [2.05, 4.69) is 8.92 Å². The Morgan fingerprint density at radius 3 is 2.05 bits per heavy atom. The van der Waals surface area contributed by atoms with Crippen LogP contribution in [-0.4, -0.2) is 32.9 Å². The van der Waals surface area contributed by atoms with Crippen LogP contribution >= 0.6 is 0 Å². The normalized spacial score (nSPS) is 18.9. The van der Waals surface area contributed by atoms with Gasteiger partial charge in [0.25, 0.3) is 0 Å². The predicted molar refractivity (Wildman–Crippen MR) is 58.5 cm³/mol. The first-order valence-electron chi connectivity index (χ1n) is 5.84. The molecule has 118 valence electrons. The van der Waals surface area contributed by atoms with Crippen molar-refractivity contribution < 1.29 is 39.7 Å². The average molecular weight is 322 g/mol. The molecule has 0 saturated heterocycles. The van der Waals surface area contributed by atoms with E-state index < -0.39 is 33.4 Å². The SMILES string of the molecule is COS(=O)(=O)C(F)(F)C(F)(F)OC(=O)C1CCCCC1. The highest BCUT2D eigenvalue weighted by Gasteiger charge is 2.70. The van der Waals surface area contributed by atoms with E-state index in [1.165, 1.54) is 0 Å². The molecule has 0 radical (unpaired) electrons. The van der Waals surface area contributed by atoms with Crippen molar-refractivity contribution in [2.45, 2.75) is 43.5 Å². The molecule has 5 nitrogen and oxygen atoms in total. The zero-order valence-corrected chi connectivity index (χ0v) is 11.4. The van der Waals surface area contributed by atoms with Crippen LogP contribution in [0.25, 0.3) is 0 Å². The second-order valence-electron chi connectivity index (χ2n) is 4.41. The Hall–Kier alpha value is -0.900. The molecular formula is C10H14F4O5S. The van der Waals surface area contributed by atoms with E-state index in [4.69, 9.17) is 0 Å². The van der Waals surface area contributed by atoms with Gasteiger partial charge >= 0.3 is 27.5 Å². The Morgan fingerprint density at radius 1 is 1.10 bits per heavy atom. The number of hydrogen-bond acceptors (Lipinski definition) is 5. The number of ether oxygens (including phenoxy) is 1. The van der Waals surface area contributed by atoms with Gasteiger partial charge in [-0.05, 0) is 12.8 Å². The van der Waals surface area contributed by atoms with Crippen molar-refractivity contribution in [3.8, 4) is 0 Å². The maximum Gasteiger partial charge on any atom is 0.485 e. The van der Waals surface area contributed by atoms with Gasteiger partial charge in [-0.15, -0.1) is 0 Å². The van der Waals surface area contributed by atoms with Gasteiger partial charge in [0.2, 0.25) is 0 Å². The molecule has 0 aromatic carbocycles. The minimum atomic E-state index is -5.89. The van der Waals surface area contributed by atoms with Gasteiger partial charge in [0.05, 0.1) is 13.0 Å². The summed E-state index contributed by atoms with van der Waals surface area (Å²) in [4.78, 5) is 11.4. The lowest BCUT2D eigenvalue weighted by atomic mass is 9.89. The highest BCUT2D eigenvalue weighted by Crippen LogP contribution is 2.41. The molecule has 20 heavy (non-hydrogen) atoms. The van der Waals surface area contributed by atoms with Crippen molar-refractivity contribution in [1.29, 1.82) is 0 Å². The third-order valence-electron chi connectivity index (χ3n) is 3.04. The number of alkyl halides is 4. The molecule has 1 fully saturated rings. The van der Waals surface area contributed by atoms with Crippen LogP contribution in [0, 0.1) is 5.92 Å². The van der Waals surface area contributed by atoms with Crippen LogP contribution in [0.5, 0.6) is 0 Å². The molecule has 1 saturated carbocycles. The third-order valence-corrected chi connectivity index (χ3v) is 4.34. The predicted octanol–water partition coefficient (Wildman–Crippen LogP) is 2.27. The van der Waals surface area contributed by atoms with Gasteiger partial charge in [-0.1, -0.05) is 19.3 Å². The Morgan fingerprint density at radius 2 is 1.60 bits per heavy atom. The Bertz CT molecular complexity index is 456. The van der Waals surface area contributed by atoms with Gasteiger partial charge in [-0.25, -0.2) is 0 Å². The van der Waals surface area contributed by atoms with E-state index in [1.807, 2.05) is 0 Å². The summed E-state index contributed by atoms with van der Waals surface area (Å²) in [5.41, 5.74) is 0. The summed E-state index contributed by atoms with van der Waals surface area (Å²) in [6, 6.07) is 0. The molecule has 0 amide bonds. The molecular weight excluding hydrogens is 308 g/mol. The first-order chi connectivity index (χ1) is 9.05. The van der Waals surface area contributed by atoms with Crippen LogP contribution in [0.3, 0.4) is 0 Å². The molecule has 0 N–H and O–H groups in total. The van der Waals surface area contributed by atoms with Crippen molar-refractivity contribution >= 4 is 16.1 Å². The monoisotopic (exact) mass is 322 g/mol. The third kappa shape index (κ3) is 3.22. The van der Waals surface area contributed by atoms with Gasteiger partial charge in [-0.3, -0.25) is 8.98 Å².